The van der Waals surface area contributed by atoms with Crippen LogP contribution >= 0.6 is 0 Å². The quantitative estimate of drug-likeness (QED) is 0.367. The van der Waals surface area contributed by atoms with Gasteiger partial charge in [0.2, 0.25) is 5.91 Å². The van der Waals surface area contributed by atoms with Crippen molar-refractivity contribution in [1.29, 1.82) is 0 Å². The summed E-state index contributed by atoms with van der Waals surface area (Å²) in [4.78, 5) is 22.2. The van der Waals surface area contributed by atoms with Gasteiger partial charge >= 0.3 is 0 Å². The van der Waals surface area contributed by atoms with Gasteiger partial charge in [-0.05, 0) is 31.6 Å². The van der Waals surface area contributed by atoms with Gasteiger partial charge in [-0.1, -0.05) is 6.58 Å². The standard InChI is InChI=1S/C12H25NO4Si/c1-5-12(15)13(2)9-11(14)10-17-7-6-8-18(3,4)16/h5,11,14,16H,1,6-10H2,2-4H3. The molecule has 1 atom stereocenters. The zero-order valence-corrected chi connectivity index (χ0v) is 12.6. The van der Waals surface area contributed by atoms with Gasteiger partial charge in [-0.3, -0.25) is 4.79 Å². The Morgan fingerprint density at radius 2 is 2.17 bits per heavy atom. The number of ether oxygens (including phenoxy) is 1. The van der Waals surface area contributed by atoms with E-state index in [1.165, 1.54) is 11.0 Å². The Kier molecular flexibility index (Phi) is 8.09. The van der Waals surface area contributed by atoms with E-state index in [4.69, 9.17) is 4.74 Å². The molecule has 0 aromatic rings. The number of aliphatic hydroxyl groups excluding tert-OH is 1. The molecule has 0 aromatic carbocycles. The highest BCUT2D eigenvalue weighted by Crippen LogP contribution is 2.07. The van der Waals surface area contributed by atoms with E-state index in [1.54, 1.807) is 7.05 Å². The lowest BCUT2D eigenvalue weighted by Gasteiger charge is -2.19. The van der Waals surface area contributed by atoms with Gasteiger partial charge in [0.15, 0.2) is 8.32 Å². The minimum Gasteiger partial charge on any atom is -0.432 e. The van der Waals surface area contributed by atoms with E-state index < -0.39 is 14.4 Å². The molecule has 0 fully saturated rings. The molecule has 6 heteroatoms. The van der Waals surface area contributed by atoms with E-state index in [-0.39, 0.29) is 19.1 Å². The number of carbonyl (C=O) groups is 1. The molecule has 1 amide bonds. The second-order valence-electron chi connectivity index (χ2n) is 5.07. The van der Waals surface area contributed by atoms with Crippen LogP contribution in [0.4, 0.5) is 0 Å². The first-order valence-electron chi connectivity index (χ1n) is 6.12. The molecule has 18 heavy (non-hydrogen) atoms. The van der Waals surface area contributed by atoms with Gasteiger partial charge in [-0.15, -0.1) is 0 Å². The average molecular weight is 275 g/mol. The summed E-state index contributed by atoms with van der Waals surface area (Å²) in [6.45, 7) is 8.09. The van der Waals surface area contributed by atoms with Crippen LogP contribution in [0.1, 0.15) is 6.42 Å². The van der Waals surface area contributed by atoms with Gasteiger partial charge in [-0.2, -0.15) is 0 Å². The third-order valence-corrected chi connectivity index (χ3v) is 4.00. The molecule has 0 radical (unpaired) electrons. The number of amides is 1. The topological polar surface area (TPSA) is 70.0 Å². The number of likely N-dealkylation sites (N-methyl/N-ethyl adjacent to an activating group) is 1. The van der Waals surface area contributed by atoms with Crippen LogP contribution in [0.3, 0.4) is 0 Å². The minimum absolute atomic E-state index is 0.197. The third-order valence-electron chi connectivity index (χ3n) is 2.42. The van der Waals surface area contributed by atoms with Crippen molar-refractivity contribution < 1.29 is 19.4 Å². The predicted molar refractivity (Wildman–Crippen MR) is 73.8 cm³/mol. The Labute approximate surface area is 110 Å². The van der Waals surface area contributed by atoms with Crippen LogP contribution in [0.2, 0.25) is 19.1 Å². The fourth-order valence-electron chi connectivity index (χ4n) is 1.44. The maximum atomic E-state index is 11.2. The van der Waals surface area contributed by atoms with Crippen LogP contribution in [0.15, 0.2) is 12.7 Å². The molecule has 0 rings (SSSR count). The molecule has 0 aliphatic rings. The molecular formula is C12H25NO4Si. The Balaban J connectivity index is 3.62. The zero-order chi connectivity index (χ0) is 14.2. The highest BCUT2D eigenvalue weighted by molar-refractivity contribution is 6.69. The summed E-state index contributed by atoms with van der Waals surface area (Å²) < 4.78 is 5.30. The van der Waals surface area contributed by atoms with Crippen LogP contribution in [0.5, 0.6) is 0 Å². The molecular weight excluding hydrogens is 250 g/mol. The van der Waals surface area contributed by atoms with E-state index in [2.05, 4.69) is 6.58 Å². The van der Waals surface area contributed by atoms with Crippen molar-refractivity contribution in [3.8, 4) is 0 Å². The maximum Gasteiger partial charge on any atom is 0.245 e. The number of nitrogens with zero attached hydrogens (tertiary/aromatic N) is 1. The van der Waals surface area contributed by atoms with Gasteiger partial charge in [0.05, 0.1) is 12.7 Å². The fraction of sp³-hybridized carbons (Fsp3) is 0.750. The van der Waals surface area contributed by atoms with Gasteiger partial charge in [-0.25, -0.2) is 0 Å². The molecule has 0 aromatic heterocycles. The lowest BCUT2D eigenvalue weighted by Crippen LogP contribution is -2.35. The molecule has 106 valence electrons. The highest BCUT2D eigenvalue weighted by atomic mass is 28.4. The summed E-state index contributed by atoms with van der Waals surface area (Å²) in [5.74, 6) is -0.220. The first-order chi connectivity index (χ1) is 8.26. The van der Waals surface area contributed by atoms with Crippen molar-refractivity contribution in [3.63, 3.8) is 0 Å². The SMILES string of the molecule is C=CC(=O)N(C)CC(O)COCCC[Si](C)(C)O. The zero-order valence-electron chi connectivity index (χ0n) is 11.6. The molecule has 0 heterocycles. The molecule has 0 aliphatic carbocycles. The smallest absolute Gasteiger partial charge is 0.245 e. The summed E-state index contributed by atoms with van der Waals surface area (Å²) in [6.07, 6.45) is 1.31. The lowest BCUT2D eigenvalue weighted by atomic mass is 10.3. The van der Waals surface area contributed by atoms with Gasteiger partial charge in [0.25, 0.3) is 0 Å². The first-order valence-corrected chi connectivity index (χ1v) is 9.27. The van der Waals surface area contributed by atoms with Crippen LogP contribution in [-0.4, -0.2) is 61.9 Å². The van der Waals surface area contributed by atoms with Crippen molar-refractivity contribution in [1.82, 2.24) is 4.90 Å². The summed E-state index contributed by atoms with van der Waals surface area (Å²) in [5.41, 5.74) is 0. The summed E-state index contributed by atoms with van der Waals surface area (Å²) in [7, 11) is -0.383. The molecule has 5 nitrogen and oxygen atoms in total. The third kappa shape index (κ3) is 9.35. The van der Waals surface area contributed by atoms with Crippen LogP contribution in [-0.2, 0) is 9.53 Å². The van der Waals surface area contributed by atoms with Crippen molar-refractivity contribution in [2.45, 2.75) is 31.7 Å². The molecule has 2 N–H and O–H groups in total. The highest BCUT2D eigenvalue weighted by Gasteiger charge is 2.16. The van der Waals surface area contributed by atoms with Gasteiger partial charge in [0.1, 0.15) is 0 Å². The Bertz CT molecular complexity index is 265. The minimum atomic E-state index is -1.99. The molecule has 0 saturated carbocycles. The molecule has 1 unspecified atom stereocenters. The van der Waals surface area contributed by atoms with Gasteiger partial charge in [0, 0.05) is 20.2 Å². The molecule has 0 bridgehead atoms. The van der Waals surface area contributed by atoms with Gasteiger partial charge < -0.3 is 19.5 Å². The van der Waals surface area contributed by atoms with Crippen molar-refractivity contribution in [2.75, 3.05) is 26.8 Å². The molecule has 0 aliphatic heterocycles. The van der Waals surface area contributed by atoms with Crippen LogP contribution in [0, 0.1) is 0 Å². The van der Waals surface area contributed by atoms with Crippen LogP contribution in [0.25, 0.3) is 0 Å². The monoisotopic (exact) mass is 275 g/mol. The largest absolute Gasteiger partial charge is 0.432 e. The molecule has 0 saturated heterocycles. The van der Waals surface area contributed by atoms with E-state index in [0.29, 0.717) is 6.61 Å². The first kappa shape index (κ1) is 17.3. The number of carbonyl (C=O) groups excluding carboxylic acids is 1. The molecule has 0 spiro atoms. The number of hydrogen-bond acceptors (Lipinski definition) is 4. The maximum absolute atomic E-state index is 11.2. The van der Waals surface area contributed by atoms with E-state index in [1.807, 2.05) is 13.1 Å². The second kappa shape index (κ2) is 8.42. The Morgan fingerprint density at radius 1 is 1.56 bits per heavy atom. The average Bonchev–Trinajstić information content (AvgIpc) is 2.25. The normalized spacial score (nSPS) is 13.2. The summed E-state index contributed by atoms with van der Waals surface area (Å²) >= 11 is 0. The van der Waals surface area contributed by atoms with E-state index in [0.717, 1.165) is 12.5 Å². The van der Waals surface area contributed by atoms with Crippen LogP contribution < -0.4 is 0 Å². The lowest BCUT2D eigenvalue weighted by molar-refractivity contribution is -0.126. The second-order valence-corrected chi connectivity index (χ2v) is 9.19. The predicted octanol–water partition coefficient (Wildman–Crippen LogP) is 0.596. The fourth-order valence-corrected chi connectivity index (χ4v) is 2.45. The van der Waals surface area contributed by atoms with E-state index in [9.17, 15) is 14.7 Å². The van der Waals surface area contributed by atoms with Crippen molar-refractivity contribution in [2.24, 2.45) is 0 Å². The summed E-state index contributed by atoms with van der Waals surface area (Å²) in [5, 5.41) is 9.63. The number of rotatable bonds is 9. The summed E-state index contributed by atoms with van der Waals surface area (Å²) in [6, 6.07) is 0.790. The van der Waals surface area contributed by atoms with Crippen molar-refractivity contribution in [3.05, 3.63) is 12.7 Å². The Morgan fingerprint density at radius 3 is 2.67 bits per heavy atom. The number of aliphatic hydroxyl groups is 1. The van der Waals surface area contributed by atoms with E-state index >= 15 is 0 Å². The number of hydrogen-bond donors (Lipinski definition) is 2. The van der Waals surface area contributed by atoms with Crippen molar-refractivity contribution >= 4 is 14.2 Å². The Hall–Kier alpha value is -0.693.